The summed E-state index contributed by atoms with van der Waals surface area (Å²) in [6.07, 6.45) is -0.948. The van der Waals surface area contributed by atoms with Crippen LogP contribution in [0, 0.1) is 0 Å². The predicted octanol–water partition coefficient (Wildman–Crippen LogP) is 5.53. The van der Waals surface area contributed by atoms with Crippen LogP contribution in [0.3, 0.4) is 0 Å². The monoisotopic (exact) mass is 572 g/mol. The van der Waals surface area contributed by atoms with Crippen molar-refractivity contribution in [3.05, 3.63) is 46.4 Å². The molecule has 0 aliphatic heterocycles. The zero-order chi connectivity index (χ0) is 26.7. The Hall–Kier alpha value is -2.93. The minimum Gasteiger partial charge on any atom is -0.450 e. The molecule has 192 valence electrons. The Morgan fingerprint density at radius 1 is 0.944 bits per heavy atom. The van der Waals surface area contributed by atoms with Gasteiger partial charge in [0.05, 0.1) is 22.3 Å². The van der Waals surface area contributed by atoms with Crippen LogP contribution in [0.25, 0.3) is 0 Å². The van der Waals surface area contributed by atoms with Gasteiger partial charge in [-0.05, 0) is 49.6 Å². The number of anilines is 1. The van der Waals surface area contributed by atoms with Crippen LogP contribution >= 0.6 is 46.7 Å². The van der Waals surface area contributed by atoms with Crippen molar-refractivity contribution < 1.29 is 28.7 Å². The van der Waals surface area contributed by atoms with E-state index in [1.165, 1.54) is 18.7 Å². The Morgan fingerprint density at radius 3 is 2.06 bits per heavy atom. The Labute approximate surface area is 225 Å². The van der Waals surface area contributed by atoms with Gasteiger partial charge in [-0.15, -0.1) is 16.9 Å². The third-order valence-electron chi connectivity index (χ3n) is 3.94. The van der Waals surface area contributed by atoms with E-state index in [0.29, 0.717) is 20.6 Å². The van der Waals surface area contributed by atoms with E-state index in [1.807, 2.05) is 41.2 Å². The highest BCUT2D eigenvalue weighted by molar-refractivity contribution is 7.99. The number of hydrazone groups is 1. The van der Waals surface area contributed by atoms with Gasteiger partial charge in [-0.1, -0.05) is 35.0 Å². The number of imide groups is 2. The molecule has 2 aromatic rings. The first-order chi connectivity index (χ1) is 17.1. The fourth-order valence-corrected chi connectivity index (χ4v) is 4.39. The zero-order valence-corrected chi connectivity index (χ0v) is 22.5. The molecular weight excluding hydrogens is 551 g/mol. The highest BCUT2D eigenvalue weighted by Crippen LogP contribution is 2.40. The summed E-state index contributed by atoms with van der Waals surface area (Å²) in [6, 6.07) is 11.2. The number of hydrogen-bond acceptors (Lipinski definition) is 10. The summed E-state index contributed by atoms with van der Waals surface area (Å²) < 4.78 is 9.36. The Morgan fingerprint density at radius 2 is 1.50 bits per heavy atom. The summed E-state index contributed by atoms with van der Waals surface area (Å²) in [7, 11) is 0. The van der Waals surface area contributed by atoms with Gasteiger partial charge < -0.3 is 9.47 Å². The van der Waals surface area contributed by atoms with Crippen molar-refractivity contribution in [3.8, 4) is 0 Å². The summed E-state index contributed by atoms with van der Waals surface area (Å²) in [5.41, 5.74) is 3.09. The molecule has 14 heteroatoms. The van der Waals surface area contributed by atoms with Gasteiger partial charge in [-0.2, -0.15) is 0 Å². The van der Waals surface area contributed by atoms with Gasteiger partial charge in [0.15, 0.2) is 0 Å². The number of thioether (sulfide) groups is 1. The van der Waals surface area contributed by atoms with Crippen molar-refractivity contribution in [2.75, 3.05) is 18.3 Å². The fourth-order valence-electron chi connectivity index (χ4n) is 2.44. The summed E-state index contributed by atoms with van der Waals surface area (Å²) in [5.74, 6) is -2.08. The molecule has 10 nitrogen and oxygen atoms in total. The Balaban J connectivity index is 1.89. The van der Waals surface area contributed by atoms with E-state index in [1.54, 1.807) is 30.8 Å². The van der Waals surface area contributed by atoms with E-state index in [9.17, 15) is 19.2 Å². The van der Waals surface area contributed by atoms with Crippen molar-refractivity contribution >= 4 is 82.3 Å². The maximum atomic E-state index is 11.8. The van der Waals surface area contributed by atoms with Crippen LogP contribution in [0.15, 0.2) is 56.2 Å². The van der Waals surface area contributed by atoms with E-state index in [0.717, 1.165) is 9.79 Å². The molecule has 0 atom stereocenters. The molecular formula is C22H22Cl2N4O6S2. The van der Waals surface area contributed by atoms with Crippen LogP contribution in [-0.2, 0) is 19.1 Å². The number of nitrogens with one attached hydrogen (secondary N) is 3. The molecule has 0 aromatic heterocycles. The normalized spacial score (nSPS) is 10.9. The molecule has 0 unspecified atom stereocenters. The predicted molar refractivity (Wildman–Crippen MR) is 140 cm³/mol. The molecule has 4 amide bonds. The summed E-state index contributed by atoms with van der Waals surface area (Å²) >= 11 is 15.9. The van der Waals surface area contributed by atoms with Gasteiger partial charge in [0, 0.05) is 21.6 Å². The van der Waals surface area contributed by atoms with Crippen LogP contribution < -0.4 is 16.1 Å². The van der Waals surface area contributed by atoms with Crippen molar-refractivity contribution in [3.63, 3.8) is 0 Å². The zero-order valence-electron chi connectivity index (χ0n) is 19.3. The number of rotatable bonds is 8. The number of amides is 4. The molecule has 0 spiro atoms. The smallest absolute Gasteiger partial charge is 0.420 e. The van der Waals surface area contributed by atoms with Crippen LogP contribution in [0.1, 0.15) is 20.3 Å². The molecule has 0 aliphatic rings. The summed E-state index contributed by atoms with van der Waals surface area (Å²) in [6.45, 7) is 2.96. The number of benzene rings is 2. The van der Waals surface area contributed by atoms with Crippen molar-refractivity contribution in [2.24, 2.45) is 5.10 Å². The minimum absolute atomic E-state index is 0.0542. The molecule has 0 saturated carbocycles. The topological polar surface area (TPSA) is 135 Å². The van der Waals surface area contributed by atoms with E-state index >= 15 is 0 Å². The average Bonchev–Trinajstić information content (AvgIpc) is 2.80. The van der Waals surface area contributed by atoms with Crippen LogP contribution in [0.5, 0.6) is 0 Å². The van der Waals surface area contributed by atoms with Crippen molar-refractivity contribution in [2.45, 2.75) is 35.0 Å². The van der Waals surface area contributed by atoms with Crippen molar-refractivity contribution in [1.82, 2.24) is 10.6 Å². The lowest BCUT2D eigenvalue weighted by molar-refractivity contribution is -0.128. The molecule has 0 fully saturated rings. The van der Waals surface area contributed by atoms with Crippen molar-refractivity contribution in [1.29, 1.82) is 0 Å². The molecule has 0 saturated heterocycles. The number of carbonyl (C=O) groups excluding carboxylic acids is 4. The average molecular weight is 573 g/mol. The Bertz CT molecular complexity index is 1140. The first-order valence-corrected chi connectivity index (χ1v) is 13.0. The highest BCUT2D eigenvalue weighted by Gasteiger charge is 2.17. The molecule has 36 heavy (non-hydrogen) atoms. The number of halogens is 2. The largest absolute Gasteiger partial charge is 0.450 e. The number of nitrogens with zero attached hydrogens (tertiary/aromatic N) is 1. The van der Waals surface area contributed by atoms with Crippen LogP contribution in [0.2, 0.25) is 10.0 Å². The second-order valence-electron chi connectivity index (χ2n) is 6.67. The molecule has 0 heterocycles. The van der Waals surface area contributed by atoms with E-state index in [2.05, 4.69) is 15.3 Å². The standard InChI is InChI=1S/C22H22Cl2N4O6S2/c1-4-33-21(31)25-18(29)11-19(30)26-22(32)34-12(2)27-28-13-9-16(23)20(17(24)10-13)36-15-7-5-14(35-3)6-8-15/h5-10,28H,4,11H2,1-3H3,(H,25,29,31)(H,26,30,32). The maximum absolute atomic E-state index is 11.8. The second kappa shape index (κ2) is 14.6. The number of alkyl carbamates (subject to hydrolysis) is 2. The number of carbonyl (C=O) groups is 4. The molecule has 3 N–H and O–H groups in total. The third kappa shape index (κ3) is 9.97. The molecule has 0 aliphatic carbocycles. The first kappa shape index (κ1) is 29.3. The van der Waals surface area contributed by atoms with Gasteiger partial charge in [0.1, 0.15) is 6.42 Å². The van der Waals surface area contributed by atoms with Crippen LogP contribution in [-0.4, -0.2) is 42.8 Å². The minimum atomic E-state index is -1.16. The van der Waals surface area contributed by atoms with E-state index < -0.39 is 30.4 Å². The fraction of sp³-hybridized carbons (Fsp3) is 0.227. The lowest BCUT2D eigenvalue weighted by atomic mass is 10.3. The van der Waals surface area contributed by atoms with E-state index in [-0.39, 0.29) is 12.5 Å². The van der Waals surface area contributed by atoms with Gasteiger partial charge in [0.2, 0.25) is 17.7 Å². The SMILES string of the molecule is CCOC(=O)NC(=O)CC(=O)NC(=O)OC(C)=NNc1cc(Cl)c(Sc2ccc(SC)cc2)c(Cl)c1. The van der Waals surface area contributed by atoms with Gasteiger partial charge in [0.25, 0.3) is 0 Å². The molecule has 2 aromatic carbocycles. The molecule has 2 rings (SSSR count). The second-order valence-corrected chi connectivity index (χ2v) is 9.45. The molecule has 0 radical (unpaired) electrons. The van der Waals surface area contributed by atoms with Gasteiger partial charge in [-0.3, -0.25) is 25.6 Å². The lowest BCUT2D eigenvalue weighted by Crippen LogP contribution is -2.38. The number of ether oxygens (including phenoxy) is 2. The maximum Gasteiger partial charge on any atom is 0.420 e. The first-order valence-electron chi connectivity index (χ1n) is 10.2. The number of hydrogen-bond donors (Lipinski definition) is 3. The summed E-state index contributed by atoms with van der Waals surface area (Å²) in [5, 5.41) is 8.32. The van der Waals surface area contributed by atoms with E-state index in [4.69, 9.17) is 27.9 Å². The van der Waals surface area contributed by atoms with Gasteiger partial charge >= 0.3 is 12.2 Å². The lowest BCUT2D eigenvalue weighted by Gasteiger charge is -2.10. The van der Waals surface area contributed by atoms with Crippen LogP contribution in [0.4, 0.5) is 15.3 Å². The summed E-state index contributed by atoms with van der Waals surface area (Å²) in [4.78, 5) is 49.0. The quantitative estimate of drug-likeness (QED) is 0.123. The van der Waals surface area contributed by atoms with Gasteiger partial charge in [-0.25, -0.2) is 9.59 Å². The molecule has 0 bridgehead atoms. The highest BCUT2D eigenvalue weighted by atomic mass is 35.5. The Kier molecular flexibility index (Phi) is 11.9. The third-order valence-corrected chi connectivity index (χ3v) is 6.66.